The quantitative estimate of drug-likeness (QED) is 0.302. The predicted octanol–water partition coefficient (Wildman–Crippen LogP) is 3.47. The van der Waals surface area contributed by atoms with Crippen LogP contribution in [0.2, 0.25) is 5.02 Å². The van der Waals surface area contributed by atoms with Crippen LogP contribution >= 0.6 is 23.8 Å². The zero-order chi connectivity index (χ0) is 20.5. The van der Waals surface area contributed by atoms with Crippen LogP contribution in [0.25, 0.3) is 23.0 Å². The van der Waals surface area contributed by atoms with Gasteiger partial charge in [0.25, 0.3) is 11.8 Å². The van der Waals surface area contributed by atoms with E-state index in [-0.39, 0.29) is 17.2 Å². The first kappa shape index (κ1) is 19.0. The van der Waals surface area contributed by atoms with Gasteiger partial charge in [-0.2, -0.15) is 0 Å². The Morgan fingerprint density at radius 1 is 1.17 bits per heavy atom. The minimum absolute atomic E-state index is 0.0352. The summed E-state index contributed by atoms with van der Waals surface area (Å²) in [4.78, 5) is 31.2. The normalized spacial score (nSPS) is 15.8. The van der Waals surface area contributed by atoms with Crippen LogP contribution in [0.5, 0.6) is 0 Å². The number of fused-ring (bicyclic) bond motifs is 1. The molecule has 8 heteroatoms. The van der Waals surface area contributed by atoms with Gasteiger partial charge in [0.1, 0.15) is 11.4 Å². The molecule has 29 heavy (non-hydrogen) atoms. The lowest BCUT2D eigenvalue weighted by atomic mass is 10.1. The molecule has 1 aliphatic heterocycles. The fourth-order valence-electron chi connectivity index (χ4n) is 3.10. The smallest absolute Gasteiger partial charge is 0.266 e. The van der Waals surface area contributed by atoms with Gasteiger partial charge in [0.15, 0.2) is 5.11 Å². The molecule has 0 spiro atoms. The number of thiocarbonyl (C=S) groups is 1. The number of amides is 2. The molecular weight excluding hydrogens is 408 g/mol. The molecule has 0 bridgehead atoms. The lowest BCUT2D eigenvalue weighted by Crippen LogP contribution is -2.53. The Labute approximate surface area is 177 Å². The van der Waals surface area contributed by atoms with Crippen molar-refractivity contribution < 1.29 is 9.59 Å². The van der Waals surface area contributed by atoms with Crippen molar-refractivity contribution in [2.45, 2.75) is 0 Å². The van der Waals surface area contributed by atoms with Gasteiger partial charge in [0.2, 0.25) is 0 Å². The molecule has 3 aromatic rings. The lowest BCUT2D eigenvalue weighted by Gasteiger charge is -2.27. The summed E-state index contributed by atoms with van der Waals surface area (Å²) in [6.45, 7) is 3.83. The van der Waals surface area contributed by atoms with Crippen molar-refractivity contribution in [2.24, 2.45) is 0 Å². The maximum atomic E-state index is 12.8. The van der Waals surface area contributed by atoms with Crippen molar-refractivity contribution in [1.82, 2.24) is 19.6 Å². The number of benzene rings is 1. The third-order valence-corrected chi connectivity index (χ3v) is 5.03. The van der Waals surface area contributed by atoms with Crippen molar-refractivity contribution in [3.8, 4) is 11.4 Å². The lowest BCUT2D eigenvalue weighted by molar-refractivity contribution is -0.128. The maximum absolute atomic E-state index is 12.8. The molecule has 6 nitrogen and oxygen atoms in total. The molecule has 0 unspecified atom stereocenters. The molecule has 1 saturated heterocycles. The van der Waals surface area contributed by atoms with Crippen LogP contribution in [0.1, 0.15) is 5.69 Å². The summed E-state index contributed by atoms with van der Waals surface area (Å²) in [6, 6.07) is 12.9. The maximum Gasteiger partial charge on any atom is 0.266 e. The average Bonchev–Trinajstić information content (AvgIpc) is 3.08. The molecule has 1 N–H and O–H groups in total. The van der Waals surface area contributed by atoms with Crippen molar-refractivity contribution >= 4 is 52.3 Å². The zero-order valence-corrected chi connectivity index (χ0v) is 16.7. The number of carbonyl (C=O) groups is 2. The van der Waals surface area contributed by atoms with Gasteiger partial charge < -0.3 is 0 Å². The largest absolute Gasteiger partial charge is 0.299 e. The number of halogens is 1. The molecule has 1 aromatic carbocycles. The van der Waals surface area contributed by atoms with Crippen molar-refractivity contribution in [3.63, 3.8) is 0 Å². The summed E-state index contributed by atoms with van der Waals surface area (Å²) in [5.74, 6) is -0.361. The van der Waals surface area contributed by atoms with E-state index < -0.39 is 11.8 Å². The predicted molar refractivity (Wildman–Crippen MR) is 116 cm³/mol. The summed E-state index contributed by atoms with van der Waals surface area (Å²) in [5.41, 5.74) is 2.08. The monoisotopic (exact) mass is 422 g/mol. The first-order valence-corrected chi connectivity index (χ1v) is 9.51. The van der Waals surface area contributed by atoms with Gasteiger partial charge in [-0.1, -0.05) is 23.7 Å². The fraction of sp³-hybridized carbons (Fsp3) is 0.0476. The van der Waals surface area contributed by atoms with E-state index in [1.807, 2.05) is 40.9 Å². The minimum Gasteiger partial charge on any atom is -0.299 e. The fourth-order valence-corrected chi connectivity index (χ4v) is 3.47. The van der Waals surface area contributed by atoms with Crippen molar-refractivity contribution in [1.29, 1.82) is 0 Å². The number of pyridine rings is 1. The summed E-state index contributed by atoms with van der Waals surface area (Å²) in [6.07, 6.45) is 4.91. The summed E-state index contributed by atoms with van der Waals surface area (Å²) >= 11 is 11.1. The Kier molecular flexibility index (Phi) is 5.00. The molecule has 3 heterocycles. The highest BCUT2D eigenvalue weighted by Crippen LogP contribution is 2.26. The number of hydrogen-bond donors (Lipinski definition) is 1. The van der Waals surface area contributed by atoms with Crippen LogP contribution in [0, 0.1) is 0 Å². The molecule has 2 amide bonds. The van der Waals surface area contributed by atoms with Crippen LogP contribution < -0.4 is 5.32 Å². The van der Waals surface area contributed by atoms with E-state index in [0.29, 0.717) is 16.5 Å². The number of carbonyl (C=O) groups excluding carboxylic acids is 2. The molecule has 144 valence electrons. The van der Waals surface area contributed by atoms with E-state index in [1.165, 1.54) is 11.0 Å². The van der Waals surface area contributed by atoms with Crippen molar-refractivity contribution in [2.75, 3.05) is 6.54 Å². The number of imidazole rings is 1. The van der Waals surface area contributed by atoms with Crippen LogP contribution in [0.15, 0.2) is 66.9 Å². The molecule has 0 atom stereocenters. The highest BCUT2D eigenvalue weighted by atomic mass is 35.5. The van der Waals surface area contributed by atoms with Crippen LogP contribution in [0.3, 0.4) is 0 Å². The van der Waals surface area contributed by atoms with Crippen LogP contribution in [-0.2, 0) is 9.59 Å². The molecule has 2 aromatic heterocycles. The first-order valence-electron chi connectivity index (χ1n) is 8.72. The second-order valence-electron chi connectivity index (χ2n) is 6.31. The average molecular weight is 423 g/mol. The van der Waals surface area contributed by atoms with E-state index >= 15 is 0 Å². The molecular formula is C21H15ClN4O2S. The topological polar surface area (TPSA) is 66.7 Å². The third kappa shape index (κ3) is 3.46. The van der Waals surface area contributed by atoms with Gasteiger partial charge in [-0.15, -0.1) is 6.58 Å². The second kappa shape index (κ2) is 7.62. The number of nitrogens with zero attached hydrogens (tertiary/aromatic N) is 3. The Balaban J connectivity index is 1.85. The number of rotatable bonds is 4. The SMILES string of the molecule is C=CCN1C(=O)C(=Cc2nc(-c3ccc(Cl)cc3)n3ccccc23)C(=O)NC1=S. The van der Waals surface area contributed by atoms with Crippen molar-refractivity contribution in [3.05, 3.63) is 77.6 Å². The van der Waals surface area contributed by atoms with Gasteiger partial charge in [-0.05, 0) is 54.7 Å². The molecule has 1 fully saturated rings. The third-order valence-electron chi connectivity index (χ3n) is 4.46. The second-order valence-corrected chi connectivity index (χ2v) is 7.13. The number of hydrogen-bond acceptors (Lipinski definition) is 4. The van der Waals surface area contributed by atoms with Crippen LogP contribution in [-0.4, -0.2) is 37.8 Å². The highest BCUT2D eigenvalue weighted by Gasteiger charge is 2.33. The van der Waals surface area contributed by atoms with E-state index in [9.17, 15) is 9.59 Å². The molecule has 0 aliphatic carbocycles. The van der Waals surface area contributed by atoms with Gasteiger partial charge in [-0.25, -0.2) is 4.98 Å². The Morgan fingerprint density at radius 2 is 1.93 bits per heavy atom. The van der Waals surface area contributed by atoms with E-state index in [2.05, 4.69) is 16.9 Å². The van der Waals surface area contributed by atoms with Crippen LogP contribution in [0.4, 0.5) is 0 Å². The zero-order valence-electron chi connectivity index (χ0n) is 15.1. The van der Waals surface area contributed by atoms with E-state index in [4.69, 9.17) is 23.8 Å². The molecule has 4 rings (SSSR count). The summed E-state index contributed by atoms with van der Waals surface area (Å²) in [7, 11) is 0. The van der Waals surface area contributed by atoms with Gasteiger partial charge in [0, 0.05) is 23.3 Å². The molecule has 0 radical (unpaired) electrons. The number of nitrogens with one attached hydrogen (secondary N) is 1. The molecule has 0 saturated carbocycles. The minimum atomic E-state index is -0.551. The Hall–Kier alpha value is -3.29. The number of aromatic nitrogens is 2. The summed E-state index contributed by atoms with van der Waals surface area (Å²) < 4.78 is 1.90. The van der Waals surface area contributed by atoms with E-state index in [0.717, 1.165) is 11.1 Å². The standard InChI is InChI=1S/C21H15ClN4O2S/c1-2-10-26-20(28)15(19(27)24-21(26)29)12-16-17-5-3-4-11-25(17)18(23-16)13-6-8-14(22)9-7-13/h2-9,11-12H,1,10H2,(H,24,27,29). The van der Waals surface area contributed by atoms with Gasteiger partial charge in [0.05, 0.1) is 11.2 Å². The Morgan fingerprint density at radius 3 is 2.66 bits per heavy atom. The van der Waals surface area contributed by atoms with Gasteiger partial charge >= 0.3 is 0 Å². The van der Waals surface area contributed by atoms with E-state index in [1.54, 1.807) is 18.2 Å². The first-order chi connectivity index (χ1) is 14.0. The Bertz CT molecular complexity index is 1200. The highest BCUT2D eigenvalue weighted by molar-refractivity contribution is 7.80. The van der Waals surface area contributed by atoms with Gasteiger partial charge in [-0.3, -0.25) is 24.2 Å². The molecule has 1 aliphatic rings. The summed E-state index contributed by atoms with van der Waals surface area (Å²) in [5, 5.41) is 3.23.